The van der Waals surface area contributed by atoms with Gasteiger partial charge in [-0.2, -0.15) is 0 Å². The van der Waals surface area contributed by atoms with Crippen LogP contribution in [0.2, 0.25) is 0 Å². The third-order valence-electron chi connectivity index (χ3n) is 6.37. The van der Waals surface area contributed by atoms with Crippen molar-refractivity contribution in [2.75, 3.05) is 18.0 Å². The van der Waals surface area contributed by atoms with Crippen molar-refractivity contribution < 1.29 is 18.3 Å². The summed E-state index contributed by atoms with van der Waals surface area (Å²) >= 11 is -2.23. The van der Waals surface area contributed by atoms with Crippen LogP contribution in [0.15, 0.2) is 72.8 Å². The number of hydrogen-bond donors (Lipinski definition) is 3. The maximum absolute atomic E-state index is 13.5. The first-order valence-electron chi connectivity index (χ1n) is 12.0. The highest BCUT2D eigenvalue weighted by Gasteiger charge is 2.22. The summed E-state index contributed by atoms with van der Waals surface area (Å²) in [5, 5.41) is 3.18. The smallest absolute Gasteiger partial charge is 0.261 e. The van der Waals surface area contributed by atoms with Gasteiger partial charge in [-0.15, -0.1) is 0 Å². The Morgan fingerprint density at radius 2 is 1.81 bits per heavy atom. The molecule has 0 saturated heterocycles. The van der Waals surface area contributed by atoms with E-state index in [-0.39, 0.29) is 18.6 Å². The van der Waals surface area contributed by atoms with Gasteiger partial charge in [0, 0.05) is 18.2 Å². The summed E-state index contributed by atoms with van der Waals surface area (Å²) in [4.78, 5) is 13.5. The van der Waals surface area contributed by atoms with Crippen molar-refractivity contribution in [1.82, 2.24) is 5.32 Å². The van der Waals surface area contributed by atoms with Crippen molar-refractivity contribution in [2.24, 2.45) is 5.73 Å². The molecule has 0 radical (unpaired) electrons. The molecule has 3 aromatic rings. The molecule has 0 aliphatic carbocycles. The molecule has 1 aliphatic heterocycles. The maximum Gasteiger partial charge on any atom is 0.261 e. The molecular weight excluding hydrogens is 474 g/mol. The summed E-state index contributed by atoms with van der Waals surface area (Å²) in [6.07, 6.45) is 2.16. The van der Waals surface area contributed by atoms with E-state index in [9.17, 15) is 13.6 Å². The summed E-state index contributed by atoms with van der Waals surface area (Å²) < 4.78 is 28.5. The lowest BCUT2D eigenvalue weighted by molar-refractivity contribution is 0.0789. The molecule has 0 fully saturated rings. The summed E-state index contributed by atoms with van der Waals surface area (Å²) in [7, 11) is 1.50. The maximum atomic E-state index is 13.5. The lowest BCUT2D eigenvalue weighted by Gasteiger charge is -2.26. The predicted molar refractivity (Wildman–Crippen MR) is 143 cm³/mol. The van der Waals surface area contributed by atoms with Gasteiger partial charge in [0.2, 0.25) is 0 Å². The molecule has 4 rings (SSSR count). The van der Waals surface area contributed by atoms with Crippen LogP contribution in [0.4, 0.5) is 5.69 Å². The zero-order valence-corrected chi connectivity index (χ0v) is 21.5. The van der Waals surface area contributed by atoms with Crippen molar-refractivity contribution in [2.45, 2.75) is 44.4 Å². The first kappa shape index (κ1) is 26.0. The summed E-state index contributed by atoms with van der Waals surface area (Å²) in [6, 6.07) is 23.2. The van der Waals surface area contributed by atoms with Gasteiger partial charge in [0.25, 0.3) is 17.2 Å². The molecule has 0 spiro atoms. The second-order valence-corrected chi connectivity index (χ2v) is 10.7. The normalized spacial score (nSPS) is 21.9. The van der Waals surface area contributed by atoms with Crippen LogP contribution in [0.1, 0.15) is 52.0 Å². The van der Waals surface area contributed by atoms with Gasteiger partial charge < -0.3 is 15.8 Å². The van der Waals surface area contributed by atoms with E-state index in [1.807, 2.05) is 37.3 Å². The highest BCUT2D eigenvalue weighted by atomic mass is 32.2. The predicted octanol–water partition coefficient (Wildman–Crippen LogP) is 4.15. The van der Waals surface area contributed by atoms with Gasteiger partial charge >= 0.3 is 0 Å². The number of carbonyl (C=O) groups excluding carboxylic acids is 1. The van der Waals surface area contributed by atoms with E-state index in [4.69, 9.17) is 10.5 Å². The van der Waals surface area contributed by atoms with Crippen molar-refractivity contribution in [1.29, 1.82) is 0 Å². The van der Waals surface area contributed by atoms with Crippen LogP contribution in [0, 0.1) is 0 Å². The van der Waals surface area contributed by atoms with Crippen molar-refractivity contribution >= 4 is 22.9 Å². The average molecular weight is 508 g/mol. The van der Waals surface area contributed by atoms with Crippen LogP contribution in [-0.2, 0) is 35.5 Å². The Morgan fingerprint density at radius 1 is 1.06 bits per heavy atom. The van der Waals surface area contributed by atoms with Crippen LogP contribution >= 0.6 is 0 Å². The number of hydrogen-bond acceptors (Lipinski definition) is 4. The number of nitrogens with one attached hydrogen (secondary N) is 1. The Bertz CT molecular complexity index is 1230. The van der Waals surface area contributed by atoms with Crippen molar-refractivity contribution in [3.63, 3.8) is 0 Å². The molecule has 1 aliphatic rings. The third-order valence-corrected chi connectivity index (χ3v) is 7.05. The first-order valence-corrected chi connectivity index (χ1v) is 13.1. The molecule has 4 N–H and O–H groups in total. The Hall–Kier alpha value is -3.04. The molecule has 1 heterocycles. The van der Waals surface area contributed by atoms with E-state index in [1.165, 1.54) is 16.9 Å². The van der Waals surface area contributed by atoms with Gasteiger partial charge in [0.05, 0.1) is 24.9 Å². The number of nitrogens with zero attached hydrogens (tertiary/aromatic N) is 1. The highest BCUT2D eigenvalue weighted by Crippen LogP contribution is 2.25. The fourth-order valence-electron chi connectivity index (χ4n) is 4.54. The number of ether oxygens (including phenoxy) is 1. The minimum atomic E-state index is -2.23. The van der Waals surface area contributed by atoms with E-state index in [2.05, 4.69) is 29.6 Å². The molecule has 0 aromatic heterocycles. The van der Waals surface area contributed by atoms with Gasteiger partial charge in [-0.3, -0.25) is 13.7 Å². The second-order valence-electron chi connectivity index (χ2n) is 9.74. The Labute approximate surface area is 215 Å². The van der Waals surface area contributed by atoms with Gasteiger partial charge in [0.15, 0.2) is 0 Å². The van der Waals surface area contributed by atoms with Crippen LogP contribution in [-0.4, -0.2) is 33.9 Å². The molecule has 7 nitrogen and oxygen atoms in total. The molecule has 36 heavy (non-hydrogen) atoms. The molecule has 0 saturated carbocycles. The molecule has 3 aromatic carbocycles. The van der Waals surface area contributed by atoms with E-state index >= 15 is 0 Å². The van der Waals surface area contributed by atoms with Gasteiger partial charge in [0.1, 0.15) is 0 Å². The molecule has 4 bridgehead atoms. The number of benzene rings is 3. The number of rotatable bonds is 3. The topological polar surface area (TPSA) is 105 Å². The van der Waals surface area contributed by atoms with E-state index in [0.29, 0.717) is 24.3 Å². The average Bonchev–Trinajstić information content (AvgIpc) is 2.85. The lowest BCUT2D eigenvalue weighted by atomic mass is 9.92. The fourth-order valence-corrected chi connectivity index (χ4v) is 4.82. The number of nitrogens with two attached hydrogens (primary N) is 1. The number of carbonyl (C=O) groups is 1. The zero-order valence-electron chi connectivity index (χ0n) is 20.6. The Balaban J connectivity index is 1.72. The zero-order chi connectivity index (χ0) is 25.7. The fraction of sp³-hybridized carbons (Fsp3) is 0.321. The van der Waals surface area contributed by atoms with Gasteiger partial charge in [-0.05, 0) is 66.6 Å². The van der Waals surface area contributed by atoms with Gasteiger partial charge in [-0.1, -0.05) is 54.6 Å². The lowest BCUT2D eigenvalue weighted by Crippen LogP contribution is -2.43. The summed E-state index contributed by atoms with van der Waals surface area (Å²) in [6.45, 7) is 2.50. The molecular formula is C28H33N3O4S. The number of anilines is 1. The largest absolute Gasteiger partial charge is 0.375 e. The van der Waals surface area contributed by atoms with Gasteiger partial charge in [-0.25, -0.2) is 4.21 Å². The van der Waals surface area contributed by atoms with Crippen molar-refractivity contribution in [3.8, 4) is 0 Å². The molecule has 190 valence electrons. The third kappa shape index (κ3) is 6.79. The SMILES string of the molecule is CN(c1cc2cc(c1)C(=O)NC(c1ccccc1)CCc1cccc(c1)CC(C)(N)COC2)S(=O)O. The van der Waals surface area contributed by atoms with Crippen LogP contribution < -0.4 is 15.4 Å². The van der Waals surface area contributed by atoms with E-state index in [1.54, 1.807) is 18.2 Å². The number of aryl methyl sites for hydroxylation is 1. The van der Waals surface area contributed by atoms with Crippen LogP contribution in [0.3, 0.4) is 0 Å². The van der Waals surface area contributed by atoms with Crippen LogP contribution in [0.5, 0.6) is 0 Å². The minimum absolute atomic E-state index is 0.205. The second kappa shape index (κ2) is 11.3. The van der Waals surface area contributed by atoms with E-state index in [0.717, 1.165) is 29.5 Å². The van der Waals surface area contributed by atoms with Crippen molar-refractivity contribution in [3.05, 3.63) is 101 Å². The molecule has 1 amide bonds. The monoisotopic (exact) mass is 507 g/mol. The summed E-state index contributed by atoms with van der Waals surface area (Å²) in [5.74, 6) is -0.256. The Kier molecular flexibility index (Phi) is 8.21. The number of fused-ring (bicyclic) bond motifs is 4. The van der Waals surface area contributed by atoms with E-state index < -0.39 is 16.8 Å². The summed E-state index contributed by atoms with van der Waals surface area (Å²) in [5.41, 5.74) is 10.9. The molecule has 8 heteroatoms. The Morgan fingerprint density at radius 3 is 2.56 bits per heavy atom. The minimum Gasteiger partial charge on any atom is -0.375 e. The standard InChI is InChI=1S/C28H33N3O4S/c1-28(29)17-21-8-6-7-20(13-21)11-12-26(23-9-4-3-5-10-23)30-27(32)24-14-22(18-35-19-28)15-25(16-24)31(2)36(33)34/h3-10,13-16,26H,11-12,17-19,29H2,1-2H3,(H,30,32)(H,33,34). The first-order chi connectivity index (χ1) is 17.2. The molecule has 3 unspecified atom stereocenters. The number of amides is 1. The quantitative estimate of drug-likeness (QED) is 0.462. The highest BCUT2D eigenvalue weighted by molar-refractivity contribution is 7.80. The molecule has 3 atom stereocenters. The van der Waals surface area contributed by atoms with Crippen LogP contribution in [0.25, 0.3) is 0 Å².